The van der Waals surface area contributed by atoms with Crippen LogP contribution in [0.3, 0.4) is 0 Å². The highest BCUT2D eigenvalue weighted by molar-refractivity contribution is 5.80. The lowest BCUT2D eigenvalue weighted by Crippen LogP contribution is -2.07. The molecule has 1 aromatic heterocycles. The van der Waals surface area contributed by atoms with Crippen LogP contribution in [0.25, 0.3) is 10.9 Å². The van der Waals surface area contributed by atoms with E-state index in [0.29, 0.717) is 0 Å². The first kappa shape index (κ1) is 13.4. The molecule has 3 aromatic rings. The van der Waals surface area contributed by atoms with Gasteiger partial charge in [-0.15, -0.1) is 0 Å². The Labute approximate surface area is 124 Å². The van der Waals surface area contributed by atoms with E-state index in [-0.39, 0.29) is 0 Å². The minimum absolute atomic E-state index is 0.825. The first-order valence-corrected chi connectivity index (χ1v) is 7.08. The summed E-state index contributed by atoms with van der Waals surface area (Å²) < 4.78 is 5.36. The number of fused-ring (bicyclic) bond motifs is 1. The Hall–Kier alpha value is -2.55. The Morgan fingerprint density at radius 2 is 1.76 bits per heavy atom. The zero-order chi connectivity index (χ0) is 14.5. The summed E-state index contributed by atoms with van der Waals surface area (Å²) >= 11 is 0. The molecule has 0 saturated carbocycles. The summed E-state index contributed by atoms with van der Waals surface area (Å²) in [7, 11) is 1.71. The van der Waals surface area contributed by atoms with Crippen LogP contribution in [0.15, 0.2) is 60.7 Å². The van der Waals surface area contributed by atoms with Crippen molar-refractivity contribution in [2.24, 2.45) is 0 Å². The highest BCUT2D eigenvalue weighted by atomic mass is 16.5. The van der Waals surface area contributed by atoms with Gasteiger partial charge < -0.3 is 10.1 Å². The molecule has 1 N–H and O–H groups in total. The van der Waals surface area contributed by atoms with Crippen molar-refractivity contribution in [3.63, 3.8) is 0 Å². The first-order chi connectivity index (χ1) is 10.4. The third-order valence-electron chi connectivity index (χ3n) is 3.49. The maximum atomic E-state index is 5.36. The number of aromatic nitrogens is 1. The van der Waals surface area contributed by atoms with Gasteiger partial charge in [0.05, 0.1) is 12.6 Å². The number of para-hydroxylation sites is 2. The lowest BCUT2D eigenvalue weighted by Gasteiger charge is -2.09. The molecule has 0 unspecified atom stereocenters. The summed E-state index contributed by atoms with van der Waals surface area (Å²) in [4.78, 5) is 4.61. The van der Waals surface area contributed by atoms with Crippen LogP contribution in [0.2, 0.25) is 0 Å². The second kappa shape index (κ2) is 6.27. The Kier molecular flexibility index (Phi) is 4.01. The fourth-order valence-corrected chi connectivity index (χ4v) is 2.40. The van der Waals surface area contributed by atoms with Gasteiger partial charge in [0.15, 0.2) is 0 Å². The molecule has 1 heterocycles. The summed E-state index contributed by atoms with van der Waals surface area (Å²) in [5.74, 6) is 1.84. The quantitative estimate of drug-likeness (QED) is 0.768. The molecular formula is C18H18N2O. The Bertz CT molecular complexity index is 740. The van der Waals surface area contributed by atoms with Gasteiger partial charge in [-0.1, -0.05) is 36.4 Å². The van der Waals surface area contributed by atoms with Crippen LogP contribution < -0.4 is 10.1 Å². The van der Waals surface area contributed by atoms with Gasteiger partial charge in [0.2, 0.25) is 0 Å². The molecule has 0 bridgehead atoms. The highest BCUT2D eigenvalue weighted by Crippen LogP contribution is 2.18. The van der Waals surface area contributed by atoms with Crippen molar-refractivity contribution in [2.75, 3.05) is 19.0 Å². The molecule has 3 nitrogen and oxygen atoms in total. The van der Waals surface area contributed by atoms with Gasteiger partial charge in [0.1, 0.15) is 11.6 Å². The second-order valence-corrected chi connectivity index (χ2v) is 4.88. The fraction of sp³-hybridized carbons (Fsp3) is 0.167. The Balaban J connectivity index is 1.66. The number of nitrogens with one attached hydrogen (secondary N) is 1. The summed E-state index contributed by atoms with van der Waals surface area (Å²) in [6.07, 6.45) is 0.901. The average Bonchev–Trinajstić information content (AvgIpc) is 2.55. The van der Waals surface area contributed by atoms with Crippen LogP contribution in [-0.2, 0) is 6.42 Å². The average molecular weight is 278 g/mol. The number of methoxy groups -OCH3 is 1. The van der Waals surface area contributed by atoms with Crippen molar-refractivity contribution >= 4 is 16.7 Å². The van der Waals surface area contributed by atoms with Crippen LogP contribution in [0.1, 0.15) is 5.56 Å². The fourth-order valence-electron chi connectivity index (χ4n) is 2.40. The number of anilines is 1. The van der Waals surface area contributed by atoms with Crippen LogP contribution in [-0.4, -0.2) is 18.6 Å². The maximum Gasteiger partial charge on any atom is 0.126 e. The van der Waals surface area contributed by atoms with E-state index < -0.39 is 0 Å². The van der Waals surface area contributed by atoms with Crippen molar-refractivity contribution in [2.45, 2.75) is 6.42 Å². The molecule has 3 rings (SSSR count). The standard InChI is InChI=1S/C18H18N2O/c1-21-17-9-5-3-7-15(17)12-13-19-18-11-10-14-6-2-4-8-16(14)20-18/h2-11H,12-13H2,1H3,(H,19,20). The number of hydrogen-bond donors (Lipinski definition) is 1. The van der Waals surface area contributed by atoms with Gasteiger partial charge in [-0.2, -0.15) is 0 Å². The van der Waals surface area contributed by atoms with Gasteiger partial charge in [-0.05, 0) is 36.2 Å². The van der Waals surface area contributed by atoms with Crippen LogP contribution in [0, 0.1) is 0 Å². The minimum Gasteiger partial charge on any atom is -0.496 e. The number of hydrogen-bond acceptors (Lipinski definition) is 3. The number of rotatable bonds is 5. The molecule has 0 saturated heterocycles. The molecular weight excluding hydrogens is 260 g/mol. The van der Waals surface area contributed by atoms with Gasteiger partial charge in [-0.25, -0.2) is 4.98 Å². The third-order valence-corrected chi connectivity index (χ3v) is 3.49. The van der Waals surface area contributed by atoms with Crippen molar-refractivity contribution < 1.29 is 4.74 Å². The van der Waals surface area contributed by atoms with Gasteiger partial charge in [0.25, 0.3) is 0 Å². The minimum atomic E-state index is 0.825. The number of nitrogens with zero attached hydrogens (tertiary/aromatic N) is 1. The van der Waals surface area contributed by atoms with E-state index in [0.717, 1.165) is 35.4 Å². The van der Waals surface area contributed by atoms with Crippen molar-refractivity contribution in [1.82, 2.24) is 4.98 Å². The van der Waals surface area contributed by atoms with E-state index in [1.165, 1.54) is 5.56 Å². The zero-order valence-electron chi connectivity index (χ0n) is 12.0. The molecule has 0 amide bonds. The maximum absolute atomic E-state index is 5.36. The molecule has 21 heavy (non-hydrogen) atoms. The lowest BCUT2D eigenvalue weighted by molar-refractivity contribution is 0.410. The monoisotopic (exact) mass is 278 g/mol. The molecule has 0 fully saturated rings. The van der Waals surface area contributed by atoms with E-state index >= 15 is 0 Å². The molecule has 2 aromatic carbocycles. The normalized spacial score (nSPS) is 10.5. The van der Waals surface area contributed by atoms with E-state index in [4.69, 9.17) is 4.74 Å². The summed E-state index contributed by atoms with van der Waals surface area (Å²) in [5, 5.41) is 4.53. The van der Waals surface area contributed by atoms with E-state index in [9.17, 15) is 0 Å². The smallest absolute Gasteiger partial charge is 0.126 e. The van der Waals surface area contributed by atoms with Crippen molar-refractivity contribution in [3.05, 3.63) is 66.2 Å². The molecule has 0 aliphatic heterocycles. The van der Waals surface area contributed by atoms with E-state index in [1.54, 1.807) is 7.11 Å². The summed E-state index contributed by atoms with van der Waals surface area (Å²) in [6.45, 7) is 0.825. The molecule has 106 valence electrons. The molecule has 0 spiro atoms. The Morgan fingerprint density at radius 3 is 2.67 bits per heavy atom. The van der Waals surface area contributed by atoms with Gasteiger partial charge in [0, 0.05) is 11.9 Å². The van der Waals surface area contributed by atoms with Crippen LogP contribution >= 0.6 is 0 Å². The topological polar surface area (TPSA) is 34.1 Å². The third kappa shape index (κ3) is 3.14. The van der Waals surface area contributed by atoms with Crippen LogP contribution in [0.4, 0.5) is 5.82 Å². The molecule has 0 radical (unpaired) electrons. The first-order valence-electron chi connectivity index (χ1n) is 7.08. The van der Waals surface area contributed by atoms with Gasteiger partial charge in [-0.3, -0.25) is 0 Å². The van der Waals surface area contributed by atoms with Crippen molar-refractivity contribution in [1.29, 1.82) is 0 Å². The molecule has 3 heteroatoms. The lowest BCUT2D eigenvalue weighted by atomic mass is 10.1. The number of benzene rings is 2. The van der Waals surface area contributed by atoms with Crippen LogP contribution in [0.5, 0.6) is 5.75 Å². The Morgan fingerprint density at radius 1 is 0.952 bits per heavy atom. The molecule has 0 atom stereocenters. The predicted molar refractivity (Wildman–Crippen MR) is 86.9 cm³/mol. The number of ether oxygens (including phenoxy) is 1. The van der Waals surface area contributed by atoms with E-state index in [1.807, 2.05) is 42.5 Å². The largest absolute Gasteiger partial charge is 0.496 e. The SMILES string of the molecule is COc1ccccc1CCNc1ccc2ccccc2n1. The zero-order valence-corrected chi connectivity index (χ0v) is 12.0. The predicted octanol–water partition coefficient (Wildman–Crippen LogP) is 3.90. The van der Waals surface area contributed by atoms with Gasteiger partial charge >= 0.3 is 0 Å². The molecule has 0 aliphatic carbocycles. The molecule has 0 aliphatic rings. The second-order valence-electron chi connectivity index (χ2n) is 4.88. The van der Waals surface area contributed by atoms with E-state index in [2.05, 4.69) is 28.5 Å². The van der Waals surface area contributed by atoms with Crippen molar-refractivity contribution in [3.8, 4) is 5.75 Å². The summed E-state index contributed by atoms with van der Waals surface area (Å²) in [6, 6.07) is 20.3. The number of pyridine rings is 1. The summed E-state index contributed by atoms with van der Waals surface area (Å²) in [5.41, 5.74) is 2.22. The highest BCUT2D eigenvalue weighted by Gasteiger charge is 2.02.